The molecule has 0 aliphatic carbocycles. The van der Waals surface area contributed by atoms with Crippen LogP contribution in [0.3, 0.4) is 0 Å². The lowest BCUT2D eigenvalue weighted by molar-refractivity contribution is -0.139. The van der Waals surface area contributed by atoms with Crippen LogP contribution in [0.5, 0.6) is 5.75 Å². The van der Waals surface area contributed by atoms with Gasteiger partial charge in [0.25, 0.3) is 0 Å². The molecule has 19 heavy (non-hydrogen) atoms. The molecule has 1 aliphatic heterocycles. The minimum Gasteiger partial charge on any atom is -0.491 e. The Morgan fingerprint density at radius 1 is 1.37 bits per heavy atom. The van der Waals surface area contributed by atoms with Crippen molar-refractivity contribution < 1.29 is 17.9 Å². The molecular weight excluding hydrogens is 275 g/mol. The largest absolute Gasteiger partial charge is 0.491 e. The zero-order chi connectivity index (χ0) is 13.9. The van der Waals surface area contributed by atoms with E-state index >= 15 is 0 Å². The van der Waals surface area contributed by atoms with E-state index in [2.05, 4.69) is 0 Å². The van der Waals surface area contributed by atoms with E-state index in [1.165, 1.54) is 18.2 Å². The third kappa shape index (κ3) is 3.79. The standard InChI is InChI=1S/C13H16F3NOS/c14-13(15,16)10-3-1-2-4-12(10)18-7-11(17)9-5-6-19-8-9/h1-4,9,11H,5-8,17H2. The summed E-state index contributed by atoms with van der Waals surface area (Å²) in [5.74, 6) is 2.22. The van der Waals surface area contributed by atoms with Gasteiger partial charge in [0.1, 0.15) is 12.4 Å². The van der Waals surface area contributed by atoms with Gasteiger partial charge in [-0.25, -0.2) is 0 Å². The monoisotopic (exact) mass is 291 g/mol. The normalized spacial score (nSPS) is 21.4. The van der Waals surface area contributed by atoms with Gasteiger partial charge in [-0.2, -0.15) is 24.9 Å². The number of hydrogen-bond acceptors (Lipinski definition) is 3. The van der Waals surface area contributed by atoms with Crippen LogP contribution in [0.4, 0.5) is 13.2 Å². The lowest BCUT2D eigenvalue weighted by Crippen LogP contribution is -2.36. The first-order valence-electron chi connectivity index (χ1n) is 6.11. The number of halogens is 3. The van der Waals surface area contributed by atoms with Gasteiger partial charge in [0, 0.05) is 6.04 Å². The highest BCUT2D eigenvalue weighted by atomic mass is 32.2. The number of rotatable bonds is 4. The van der Waals surface area contributed by atoms with E-state index in [1.54, 1.807) is 0 Å². The van der Waals surface area contributed by atoms with E-state index in [9.17, 15) is 13.2 Å². The van der Waals surface area contributed by atoms with E-state index in [4.69, 9.17) is 10.5 Å². The van der Waals surface area contributed by atoms with E-state index in [1.807, 2.05) is 11.8 Å². The number of benzene rings is 1. The smallest absolute Gasteiger partial charge is 0.419 e. The average Bonchev–Trinajstić information content (AvgIpc) is 2.89. The molecule has 1 saturated heterocycles. The second-order valence-electron chi connectivity index (χ2n) is 4.59. The third-order valence-electron chi connectivity index (χ3n) is 3.19. The average molecular weight is 291 g/mol. The fourth-order valence-electron chi connectivity index (χ4n) is 2.04. The molecule has 1 aromatic rings. The van der Waals surface area contributed by atoms with E-state index in [-0.39, 0.29) is 18.4 Å². The first kappa shape index (κ1) is 14.5. The van der Waals surface area contributed by atoms with Gasteiger partial charge >= 0.3 is 6.18 Å². The topological polar surface area (TPSA) is 35.2 Å². The lowest BCUT2D eigenvalue weighted by Gasteiger charge is -2.20. The minimum atomic E-state index is -4.40. The molecule has 1 aromatic carbocycles. The predicted molar refractivity (Wildman–Crippen MR) is 70.3 cm³/mol. The van der Waals surface area contributed by atoms with Crippen LogP contribution < -0.4 is 10.5 Å². The summed E-state index contributed by atoms with van der Waals surface area (Å²) in [6.45, 7) is 0.123. The van der Waals surface area contributed by atoms with Crippen LogP contribution in [0.1, 0.15) is 12.0 Å². The van der Waals surface area contributed by atoms with Crippen LogP contribution in [0.25, 0.3) is 0 Å². The molecule has 1 aliphatic rings. The fraction of sp³-hybridized carbons (Fsp3) is 0.538. The van der Waals surface area contributed by atoms with Crippen LogP contribution in [0, 0.1) is 5.92 Å². The molecule has 2 unspecified atom stereocenters. The van der Waals surface area contributed by atoms with Crippen LogP contribution in [0.2, 0.25) is 0 Å². The molecule has 2 N–H and O–H groups in total. The van der Waals surface area contributed by atoms with Gasteiger partial charge in [-0.1, -0.05) is 12.1 Å². The predicted octanol–water partition coefficient (Wildman–Crippen LogP) is 3.16. The molecule has 1 heterocycles. The van der Waals surface area contributed by atoms with Crippen molar-refractivity contribution in [2.75, 3.05) is 18.1 Å². The molecular formula is C13H16F3NOS. The second-order valence-corrected chi connectivity index (χ2v) is 5.74. The maximum atomic E-state index is 12.8. The number of hydrogen-bond donors (Lipinski definition) is 1. The Morgan fingerprint density at radius 3 is 2.74 bits per heavy atom. The highest BCUT2D eigenvalue weighted by Gasteiger charge is 2.34. The van der Waals surface area contributed by atoms with Crippen LogP contribution in [-0.4, -0.2) is 24.2 Å². The Balaban J connectivity index is 1.99. The number of nitrogens with two attached hydrogens (primary N) is 1. The van der Waals surface area contributed by atoms with E-state index < -0.39 is 11.7 Å². The summed E-state index contributed by atoms with van der Waals surface area (Å²) in [5, 5.41) is 0. The van der Waals surface area contributed by atoms with Crippen molar-refractivity contribution >= 4 is 11.8 Å². The molecule has 1 fully saturated rings. The number of para-hydroxylation sites is 1. The van der Waals surface area contributed by atoms with Gasteiger partial charge in [0.05, 0.1) is 5.56 Å². The maximum absolute atomic E-state index is 12.8. The van der Waals surface area contributed by atoms with Crippen LogP contribution in [0.15, 0.2) is 24.3 Å². The van der Waals surface area contributed by atoms with Crippen LogP contribution >= 0.6 is 11.8 Å². The Bertz CT molecular complexity index is 419. The Hall–Kier alpha value is -0.880. The summed E-state index contributed by atoms with van der Waals surface area (Å²) in [6, 6.07) is 5.02. The molecule has 2 atom stereocenters. The summed E-state index contributed by atoms with van der Waals surface area (Å²) in [5.41, 5.74) is 5.22. The Labute approximate surface area is 114 Å². The summed E-state index contributed by atoms with van der Waals surface area (Å²) in [6.07, 6.45) is -3.39. The molecule has 6 heteroatoms. The summed E-state index contributed by atoms with van der Waals surface area (Å²) < 4.78 is 43.6. The molecule has 0 aromatic heterocycles. The molecule has 0 bridgehead atoms. The molecule has 2 rings (SSSR count). The number of alkyl halides is 3. The zero-order valence-corrected chi connectivity index (χ0v) is 11.1. The summed E-state index contributed by atoms with van der Waals surface area (Å²) in [4.78, 5) is 0. The fourth-order valence-corrected chi connectivity index (χ4v) is 3.39. The van der Waals surface area contributed by atoms with Gasteiger partial charge in [0.2, 0.25) is 0 Å². The third-order valence-corrected chi connectivity index (χ3v) is 4.38. The molecule has 0 radical (unpaired) electrons. The van der Waals surface area contributed by atoms with Crippen LogP contribution in [-0.2, 0) is 6.18 Å². The molecule has 2 nitrogen and oxygen atoms in total. The molecule has 106 valence electrons. The second kappa shape index (κ2) is 6.05. The molecule has 0 saturated carbocycles. The quantitative estimate of drug-likeness (QED) is 0.925. The highest BCUT2D eigenvalue weighted by molar-refractivity contribution is 7.99. The molecule has 0 spiro atoms. The van der Waals surface area contributed by atoms with Crippen molar-refractivity contribution in [3.05, 3.63) is 29.8 Å². The van der Waals surface area contributed by atoms with Crippen molar-refractivity contribution in [1.29, 1.82) is 0 Å². The highest BCUT2D eigenvalue weighted by Crippen LogP contribution is 2.36. The van der Waals surface area contributed by atoms with Gasteiger partial charge in [-0.05, 0) is 36.0 Å². The van der Waals surface area contributed by atoms with E-state index in [0.717, 1.165) is 24.0 Å². The SMILES string of the molecule is NC(COc1ccccc1C(F)(F)F)C1CCSC1. The number of thioether (sulfide) groups is 1. The van der Waals surface area contributed by atoms with Crippen molar-refractivity contribution in [3.8, 4) is 5.75 Å². The number of ether oxygens (including phenoxy) is 1. The first-order chi connectivity index (χ1) is 8.98. The van der Waals surface area contributed by atoms with Gasteiger partial charge < -0.3 is 10.5 Å². The van der Waals surface area contributed by atoms with Crippen molar-refractivity contribution in [2.24, 2.45) is 11.7 Å². The Morgan fingerprint density at radius 2 is 2.11 bits per heavy atom. The van der Waals surface area contributed by atoms with Gasteiger partial charge in [-0.15, -0.1) is 0 Å². The van der Waals surface area contributed by atoms with Gasteiger partial charge in [0.15, 0.2) is 0 Å². The molecule has 0 amide bonds. The van der Waals surface area contributed by atoms with E-state index in [0.29, 0.717) is 5.92 Å². The van der Waals surface area contributed by atoms with Crippen molar-refractivity contribution in [1.82, 2.24) is 0 Å². The maximum Gasteiger partial charge on any atom is 0.419 e. The Kier molecular flexibility index (Phi) is 4.62. The van der Waals surface area contributed by atoms with Crippen molar-refractivity contribution in [2.45, 2.75) is 18.6 Å². The van der Waals surface area contributed by atoms with Gasteiger partial charge in [-0.3, -0.25) is 0 Å². The van der Waals surface area contributed by atoms with Crippen molar-refractivity contribution in [3.63, 3.8) is 0 Å². The first-order valence-corrected chi connectivity index (χ1v) is 7.26. The zero-order valence-electron chi connectivity index (χ0n) is 10.3. The summed E-state index contributed by atoms with van der Waals surface area (Å²) >= 11 is 1.82. The summed E-state index contributed by atoms with van der Waals surface area (Å²) in [7, 11) is 0. The minimum absolute atomic E-state index is 0.123. The lowest BCUT2D eigenvalue weighted by atomic mass is 10.0.